The zero-order valence-electron chi connectivity index (χ0n) is 14.7. The molecule has 0 aromatic heterocycles. The van der Waals surface area contributed by atoms with Crippen LogP contribution in [-0.2, 0) is 19.1 Å². The van der Waals surface area contributed by atoms with Gasteiger partial charge >= 0.3 is 5.97 Å². The van der Waals surface area contributed by atoms with Crippen LogP contribution in [0.25, 0.3) is 0 Å². The van der Waals surface area contributed by atoms with Crippen molar-refractivity contribution in [1.29, 1.82) is 0 Å². The van der Waals surface area contributed by atoms with Crippen LogP contribution in [0.5, 0.6) is 0 Å². The summed E-state index contributed by atoms with van der Waals surface area (Å²) in [6.45, 7) is 2.24. The van der Waals surface area contributed by atoms with E-state index in [2.05, 4.69) is 26.0 Å². The molecule has 140 valence electrons. The van der Waals surface area contributed by atoms with E-state index in [1.807, 2.05) is 0 Å². The number of ether oxygens (including phenoxy) is 1. The van der Waals surface area contributed by atoms with Gasteiger partial charge in [0.2, 0.25) is 5.91 Å². The Morgan fingerprint density at radius 3 is 2.04 bits per heavy atom. The number of hydrogen-bond donors (Lipinski definition) is 2. The molecule has 0 heterocycles. The van der Waals surface area contributed by atoms with Crippen molar-refractivity contribution in [2.24, 2.45) is 0 Å². The van der Waals surface area contributed by atoms with Crippen molar-refractivity contribution < 1.29 is 24.2 Å². The van der Waals surface area contributed by atoms with Crippen molar-refractivity contribution in [2.75, 3.05) is 19.0 Å². The molecule has 0 atom stereocenters. The Morgan fingerprint density at radius 2 is 1.75 bits per heavy atom. The third kappa shape index (κ3) is 11.6. The molecule has 0 radical (unpaired) electrons. The van der Waals surface area contributed by atoms with Crippen molar-refractivity contribution >= 4 is 33.6 Å². The van der Waals surface area contributed by atoms with Crippen LogP contribution in [0.3, 0.4) is 0 Å². The Morgan fingerprint density at radius 1 is 1.21 bits per heavy atom. The number of nitrogens with one attached hydrogen (secondary N) is 1. The molecule has 0 saturated heterocycles. The monoisotopic (exact) mass is 407 g/mol. The Hall–Kier alpha value is -0.950. The van der Waals surface area contributed by atoms with Gasteiger partial charge in [0.25, 0.3) is 0 Å². The molecule has 0 aromatic rings. The van der Waals surface area contributed by atoms with Gasteiger partial charge < -0.3 is 15.2 Å². The number of rotatable bonds is 4. The van der Waals surface area contributed by atoms with E-state index < -0.39 is 5.60 Å². The first kappa shape index (κ1) is 23.1. The predicted octanol–water partition coefficient (Wildman–Crippen LogP) is 2.50. The van der Waals surface area contributed by atoms with Crippen molar-refractivity contribution in [2.45, 2.75) is 70.3 Å². The SMILES string of the molecule is CCOC(=O)CBr.CNC(=O)CC1(O)CCCC1.O=C1CCCC1. The van der Waals surface area contributed by atoms with Crippen LogP contribution >= 0.6 is 15.9 Å². The Labute approximate surface area is 152 Å². The van der Waals surface area contributed by atoms with Gasteiger partial charge in [0, 0.05) is 19.9 Å². The minimum atomic E-state index is -0.694. The van der Waals surface area contributed by atoms with Crippen molar-refractivity contribution in [3.63, 3.8) is 0 Å². The number of aliphatic hydroxyl groups is 1. The molecule has 2 N–H and O–H groups in total. The fraction of sp³-hybridized carbons (Fsp3) is 0.824. The number of Topliss-reactive ketones (excluding diaryl/α,β-unsaturated/α-hetero) is 1. The second-order valence-electron chi connectivity index (χ2n) is 5.97. The van der Waals surface area contributed by atoms with Crippen molar-refractivity contribution in [3.05, 3.63) is 0 Å². The number of esters is 1. The molecule has 0 spiro atoms. The Kier molecular flexibility index (Phi) is 12.8. The van der Waals surface area contributed by atoms with Gasteiger partial charge in [-0.2, -0.15) is 0 Å². The first-order chi connectivity index (χ1) is 11.4. The molecule has 7 heteroatoms. The minimum Gasteiger partial charge on any atom is -0.465 e. The van der Waals surface area contributed by atoms with Crippen LogP contribution in [-0.4, -0.2) is 47.4 Å². The highest BCUT2D eigenvalue weighted by Crippen LogP contribution is 2.31. The van der Waals surface area contributed by atoms with E-state index in [1.54, 1.807) is 14.0 Å². The number of amides is 1. The highest BCUT2D eigenvalue weighted by molar-refractivity contribution is 9.09. The highest BCUT2D eigenvalue weighted by Gasteiger charge is 2.32. The molecule has 2 saturated carbocycles. The smallest absolute Gasteiger partial charge is 0.316 e. The van der Waals surface area contributed by atoms with E-state index in [0.29, 0.717) is 17.7 Å². The molecule has 2 rings (SSSR count). The van der Waals surface area contributed by atoms with Gasteiger partial charge in [0.1, 0.15) is 11.1 Å². The molecule has 0 aromatic carbocycles. The first-order valence-electron chi connectivity index (χ1n) is 8.53. The number of halogens is 1. The second-order valence-corrected chi connectivity index (χ2v) is 6.53. The van der Waals surface area contributed by atoms with E-state index in [1.165, 1.54) is 0 Å². The lowest BCUT2D eigenvalue weighted by Gasteiger charge is -2.20. The number of carbonyl (C=O) groups is 3. The number of carbonyl (C=O) groups excluding carboxylic acids is 3. The van der Waals surface area contributed by atoms with Gasteiger partial charge in [-0.3, -0.25) is 14.4 Å². The standard InChI is InChI=1S/C8H15NO2.C5H8O.C4H7BrO2/c1-9-7(10)6-8(11)4-2-3-5-8;6-5-3-1-2-4-5;1-2-7-4(6)3-5/h11H,2-6H2,1H3,(H,9,10);1-4H2;2-3H2,1H3. The molecule has 24 heavy (non-hydrogen) atoms. The maximum Gasteiger partial charge on any atom is 0.316 e. The molecule has 6 nitrogen and oxygen atoms in total. The van der Waals surface area contributed by atoms with E-state index in [-0.39, 0.29) is 18.3 Å². The zero-order valence-corrected chi connectivity index (χ0v) is 16.3. The number of hydrogen-bond acceptors (Lipinski definition) is 5. The van der Waals surface area contributed by atoms with Crippen LogP contribution < -0.4 is 5.32 Å². The molecule has 0 unspecified atom stereocenters. The number of ketones is 1. The molecule has 0 bridgehead atoms. The van der Waals surface area contributed by atoms with Gasteiger partial charge in [-0.05, 0) is 32.6 Å². The van der Waals surface area contributed by atoms with Crippen LogP contribution in [0.2, 0.25) is 0 Å². The van der Waals surface area contributed by atoms with Crippen molar-refractivity contribution in [3.8, 4) is 0 Å². The van der Waals surface area contributed by atoms with Crippen LogP contribution in [0.1, 0.15) is 64.7 Å². The summed E-state index contributed by atoms with van der Waals surface area (Å²) in [5.41, 5.74) is -0.694. The van der Waals surface area contributed by atoms with Crippen LogP contribution in [0, 0.1) is 0 Å². The molecule has 2 aliphatic rings. The third-order valence-corrected chi connectivity index (χ3v) is 4.34. The van der Waals surface area contributed by atoms with Gasteiger partial charge in [0.15, 0.2) is 0 Å². The topological polar surface area (TPSA) is 92.7 Å². The van der Waals surface area contributed by atoms with Gasteiger partial charge in [-0.15, -0.1) is 0 Å². The summed E-state index contributed by atoms with van der Waals surface area (Å²) in [4.78, 5) is 31.3. The summed E-state index contributed by atoms with van der Waals surface area (Å²) in [7, 11) is 1.60. The molecule has 2 fully saturated rings. The van der Waals surface area contributed by atoms with Gasteiger partial charge in [-0.1, -0.05) is 28.8 Å². The third-order valence-electron chi connectivity index (χ3n) is 3.88. The Balaban J connectivity index is 0.000000352. The minimum absolute atomic E-state index is 0.0607. The molecule has 0 aliphatic heterocycles. The van der Waals surface area contributed by atoms with Gasteiger partial charge in [0.05, 0.1) is 18.6 Å². The zero-order chi connectivity index (χ0) is 18.4. The summed E-state index contributed by atoms with van der Waals surface area (Å²) in [5.74, 6) is 0.187. The first-order valence-corrected chi connectivity index (χ1v) is 9.65. The average Bonchev–Trinajstić information content (AvgIpc) is 3.20. The maximum absolute atomic E-state index is 10.9. The van der Waals surface area contributed by atoms with Crippen LogP contribution in [0.4, 0.5) is 0 Å². The summed E-state index contributed by atoms with van der Waals surface area (Å²) in [6, 6.07) is 0. The maximum atomic E-state index is 10.9. The lowest BCUT2D eigenvalue weighted by Crippen LogP contribution is -2.32. The lowest BCUT2D eigenvalue weighted by atomic mass is 9.98. The Bertz CT molecular complexity index is 386. The van der Waals surface area contributed by atoms with Crippen LogP contribution in [0.15, 0.2) is 0 Å². The molecular formula is C17H30BrNO5. The number of alkyl halides is 1. The fourth-order valence-corrected chi connectivity index (χ4v) is 2.73. The molecule has 2 aliphatic carbocycles. The van der Waals surface area contributed by atoms with E-state index >= 15 is 0 Å². The second kappa shape index (κ2) is 13.4. The summed E-state index contributed by atoms with van der Waals surface area (Å²) in [5, 5.41) is 12.5. The quantitative estimate of drug-likeness (QED) is 0.551. The normalized spacial score (nSPS) is 17.9. The largest absolute Gasteiger partial charge is 0.465 e. The molecular weight excluding hydrogens is 378 g/mol. The average molecular weight is 408 g/mol. The van der Waals surface area contributed by atoms with Gasteiger partial charge in [-0.25, -0.2) is 0 Å². The van der Waals surface area contributed by atoms with Crippen molar-refractivity contribution in [1.82, 2.24) is 5.32 Å². The lowest BCUT2D eigenvalue weighted by molar-refractivity contribution is -0.139. The highest BCUT2D eigenvalue weighted by atomic mass is 79.9. The summed E-state index contributed by atoms with van der Waals surface area (Å²) < 4.78 is 4.51. The molecule has 1 amide bonds. The van der Waals surface area contributed by atoms with E-state index in [4.69, 9.17) is 0 Å². The predicted molar refractivity (Wildman–Crippen MR) is 96.0 cm³/mol. The van der Waals surface area contributed by atoms with E-state index in [9.17, 15) is 19.5 Å². The van der Waals surface area contributed by atoms with E-state index in [0.717, 1.165) is 51.4 Å². The summed E-state index contributed by atoms with van der Waals surface area (Å²) >= 11 is 2.94. The fourth-order valence-electron chi connectivity index (χ4n) is 2.57. The summed E-state index contributed by atoms with van der Waals surface area (Å²) in [6.07, 6.45) is 7.89.